The average Bonchev–Trinajstić information content (AvgIpc) is 2.41. The van der Waals surface area contributed by atoms with Crippen LogP contribution in [0.1, 0.15) is 52.0 Å². The molecule has 0 aliphatic heterocycles. The summed E-state index contributed by atoms with van der Waals surface area (Å²) in [5, 5.41) is 11.4. The quantitative estimate of drug-likeness (QED) is 0.742. The lowest BCUT2D eigenvalue weighted by Gasteiger charge is -2.25. The summed E-state index contributed by atoms with van der Waals surface area (Å²) >= 11 is 3.34. The Balaban J connectivity index is 2.83. The van der Waals surface area contributed by atoms with Crippen molar-refractivity contribution in [2.45, 2.75) is 53.7 Å². The molecule has 0 spiro atoms. The molecule has 0 saturated heterocycles. The van der Waals surface area contributed by atoms with Crippen molar-refractivity contribution in [1.82, 2.24) is 4.57 Å². The van der Waals surface area contributed by atoms with Crippen LogP contribution in [0.15, 0.2) is 27.5 Å². The standard InChI is InChI=1S/C19H24BrNO4/c1-18(2,3)10-21-14(17(24)25-19(4,5)6)15(22)12-8-7-11(20)9-13(12)16(21)23/h7-9,22H,10H2,1-6H3. The Bertz CT molecular complexity index is 885. The Labute approximate surface area is 155 Å². The highest BCUT2D eigenvalue weighted by atomic mass is 79.9. The monoisotopic (exact) mass is 409 g/mol. The Hall–Kier alpha value is -1.82. The van der Waals surface area contributed by atoms with Crippen LogP contribution in [-0.4, -0.2) is 21.2 Å². The molecule has 25 heavy (non-hydrogen) atoms. The third-order valence-corrected chi connectivity index (χ3v) is 3.92. The number of pyridine rings is 1. The fraction of sp³-hybridized carbons (Fsp3) is 0.474. The number of aromatic hydroxyl groups is 1. The summed E-state index contributed by atoms with van der Waals surface area (Å²) in [6.07, 6.45) is 0. The van der Waals surface area contributed by atoms with Gasteiger partial charge in [0.2, 0.25) is 0 Å². The van der Waals surface area contributed by atoms with E-state index in [1.54, 1.807) is 39.0 Å². The molecule has 0 atom stereocenters. The molecule has 136 valence electrons. The number of nitrogens with zero attached hydrogens (tertiary/aromatic N) is 1. The molecule has 6 heteroatoms. The number of fused-ring (bicyclic) bond motifs is 1. The molecule has 0 aliphatic rings. The van der Waals surface area contributed by atoms with Crippen molar-refractivity contribution >= 4 is 32.7 Å². The number of carbonyl (C=O) groups is 1. The summed E-state index contributed by atoms with van der Waals surface area (Å²) in [6.45, 7) is 11.4. The molecule has 0 saturated carbocycles. The zero-order valence-corrected chi connectivity index (χ0v) is 17.0. The van der Waals surface area contributed by atoms with E-state index in [0.717, 1.165) is 4.47 Å². The molecule has 1 aromatic heterocycles. The first-order valence-electron chi connectivity index (χ1n) is 8.08. The van der Waals surface area contributed by atoms with E-state index in [2.05, 4.69) is 15.9 Å². The third-order valence-electron chi connectivity index (χ3n) is 3.43. The molecule has 2 rings (SSSR count). The third kappa shape index (κ3) is 4.42. The molecule has 1 N–H and O–H groups in total. The Morgan fingerprint density at radius 2 is 1.76 bits per heavy atom. The van der Waals surface area contributed by atoms with E-state index in [1.165, 1.54) is 4.57 Å². The van der Waals surface area contributed by atoms with Gasteiger partial charge in [0.1, 0.15) is 5.60 Å². The van der Waals surface area contributed by atoms with Gasteiger partial charge in [0.15, 0.2) is 11.4 Å². The van der Waals surface area contributed by atoms with Gasteiger partial charge in [-0.1, -0.05) is 36.7 Å². The van der Waals surface area contributed by atoms with Crippen molar-refractivity contribution in [2.75, 3.05) is 0 Å². The minimum Gasteiger partial charge on any atom is -0.505 e. The SMILES string of the molecule is CC(C)(C)Cn1c(C(=O)OC(C)(C)C)c(O)c2ccc(Br)cc2c1=O. The zero-order chi connectivity index (χ0) is 19.2. The molecule has 0 amide bonds. The molecule has 0 fully saturated rings. The summed E-state index contributed by atoms with van der Waals surface area (Å²) in [5.41, 5.74) is -1.44. The first-order chi connectivity index (χ1) is 11.3. The second-order valence-electron chi connectivity index (χ2n) is 8.34. The maximum atomic E-state index is 13.0. The molecule has 0 bridgehead atoms. The Kier molecular flexibility index (Phi) is 5.06. The predicted molar refractivity (Wildman–Crippen MR) is 102 cm³/mol. The van der Waals surface area contributed by atoms with Crippen molar-refractivity contribution < 1.29 is 14.6 Å². The molecule has 5 nitrogen and oxygen atoms in total. The summed E-state index contributed by atoms with van der Waals surface area (Å²) in [5.74, 6) is -0.947. The van der Waals surface area contributed by atoms with Crippen LogP contribution in [0.5, 0.6) is 5.75 Å². The van der Waals surface area contributed by atoms with E-state index in [1.807, 2.05) is 20.8 Å². The van der Waals surface area contributed by atoms with Gasteiger partial charge in [0.25, 0.3) is 5.56 Å². The van der Waals surface area contributed by atoms with Crippen LogP contribution in [-0.2, 0) is 11.3 Å². The number of halogens is 1. The lowest BCUT2D eigenvalue weighted by molar-refractivity contribution is 0.00513. The topological polar surface area (TPSA) is 68.5 Å². The lowest BCUT2D eigenvalue weighted by atomic mass is 9.96. The predicted octanol–water partition coefficient (Wildman–Crippen LogP) is 4.47. The number of hydrogen-bond donors (Lipinski definition) is 1. The first-order valence-corrected chi connectivity index (χ1v) is 8.88. The number of carbonyl (C=O) groups excluding carboxylic acids is 1. The molecule has 0 radical (unpaired) electrons. The number of esters is 1. The highest BCUT2D eigenvalue weighted by molar-refractivity contribution is 9.10. The van der Waals surface area contributed by atoms with Crippen molar-refractivity contribution in [3.63, 3.8) is 0 Å². The molecular formula is C19H24BrNO4. The van der Waals surface area contributed by atoms with Gasteiger partial charge in [-0.25, -0.2) is 4.79 Å². The number of rotatable bonds is 2. The number of ether oxygens (including phenoxy) is 1. The smallest absolute Gasteiger partial charge is 0.359 e. The van der Waals surface area contributed by atoms with E-state index in [4.69, 9.17) is 4.74 Å². The molecule has 0 aliphatic carbocycles. The van der Waals surface area contributed by atoms with Gasteiger partial charge in [-0.05, 0) is 44.4 Å². The first kappa shape index (κ1) is 19.5. The summed E-state index contributed by atoms with van der Waals surface area (Å²) in [4.78, 5) is 25.7. The molecule has 1 aromatic carbocycles. The van der Waals surface area contributed by atoms with Crippen molar-refractivity contribution in [2.24, 2.45) is 5.41 Å². The Morgan fingerprint density at radius 3 is 2.28 bits per heavy atom. The molecule has 1 heterocycles. The largest absolute Gasteiger partial charge is 0.505 e. The van der Waals surface area contributed by atoms with E-state index in [-0.39, 0.29) is 29.0 Å². The highest BCUT2D eigenvalue weighted by Crippen LogP contribution is 2.31. The van der Waals surface area contributed by atoms with Gasteiger partial charge in [-0.15, -0.1) is 0 Å². The van der Waals surface area contributed by atoms with Crippen LogP contribution in [0.4, 0.5) is 0 Å². The summed E-state index contributed by atoms with van der Waals surface area (Å²) in [7, 11) is 0. The normalized spacial score (nSPS) is 12.4. The fourth-order valence-corrected chi connectivity index (χ4v) is 2.92. The second kappa shape index (κ2) is 6.48. The maximum Gasteiger partial charge on any atom is 0.359 e. The van der Waals surface area contributed by atoms with Crippen LogP contribution in [0.2, 0.25) is 0 Å². The second-order valence-corrected chi connectivity index (χ2v) is 9.26. The number of aromatic nitrogens is 1. The van der Waals surface area contributed by atoms with E-state index in [0.29, 0.717) is 10.8 Å². The Morgan fingerprint density at radius 1 is 1.16 bits per heavy atom. The maximum absolute atomic E-state index is 13.0. The van der Waals surface area contributed by atoms with Gasteiger partial charge >= 0.3 is 5.97 Å². The van der Waals surface area contributed by atoms with Crippen LogP contribution >= 0.6 is 15.9 Å². The van der Waals surface area contributed by atoms with Crippen LogP contribution in [0.25, 0.3) is 10.8 Å². The number of hydrogen-bond acceptors (Lipinski definition) is 4. The molecular weight excluding hydrogens is 386 g/mol. The zero-order valence-electron chi connectivity index (χ0n) is 15.4. The van der Waals surface area contributed by atoms with Gasteiger partial charge in [-0.2, -0.15) is 0 Å². The van der Waals surface area contributed by atoms with E-state index < -0.39 is 11.6 Å². The molecule has 2 aromatic rings. The van der Waals surface area contributed by atoms with Crippen molar-refractivity contribution in [1.29, 1.82) is 0 Å². The van der Waals surface area contributed by atoms with Gasteiger partial charge in [-0.3, -0.25) is 9.36 Å². The van der Waals surface area contributed by atoms with Crippen molar-refractivity contribution in [3.8, 4) is 5.75 Å². The summed E-state index contributed by atoms with van der Waals surface area (Å²) in [6, 6.07) is 4.98. The van der Waals surface area contributed by atoms with E-state index >= 15 is 0 Å². The van der Waals surface area contributed by atoms with Crippen LogP contribution in [0, 0.1) is 5.41 Å². The number of benzene rings is 1. The average molecular weight is 410 g/mol. The van der Waals surface area contributed by atoms with E-state index in [9.17, 15) is 14.7 Å². The van der Waals surface area contributed by atoms with Gasteiger partial charge in [0, 0.05) is 16.4 Å². The van der Waals surface area contributed by atoms with Crippen LogP contribution in [0.3, 0.4) is 0 Å². The molecule has 0 unspecified atom stereocenters. The summed E-state index contributed by atoms with van der Waals surface area (Å²) < 4.78 is 7.46. The van der Waals surface area contributed by atoms with Crippen LogP contribution < -0.4 is 5.56 Å². The van der Waals surface area contributed by atoms with Crippen molar-refractivity contribution in [3.05, 3.63) is 38.7 Å². The van der Waals surface area contributed by atoms with Gasteiger partial charge < -0.3 is 9.84 Å². The van der Waals surface area contributed by atoms with Gasteiger partial charge in [0.05, 0.1) is 5.39 Å². The minimum absolute atomic E-state index is 0.107. The lowest BCUT2D eigenvalue weighted by Crippen LogP contribution is -2.34. The minimum atomic E-state index is -0.735. The highest BCUT2D eigenvalue weighted by Gasteiger charge is 2.28. The fourth-order valence-electron chi connectivity index (χ4n) is 2.56.